The first-order valence-corrected chi connectivity index (χ1v) is 9.37. The van der Waals surface area contributed by atoms with E-state index in [0.29, 0.717) is 24.1 Å². The van der Waals surface area contributed by atoms with Gasteiger partial charge < -0.3 is 15.2 Å². The molecule has 2 N–H and O–H groups in total. The number of carbonyl (C=O) groups excluding carboxylic acids is 1. The summed E-state index contributed by atoms with van der Waals surface area (Å²) in [4.78, 5) is 12.2. The van der Waals surface area contributed by atoms with Gasteiger partial charge in [-0.05, 0) is 48.6 Å². The van der Waals surface area contributed by atoms with Crippen molar-refractivity contribution < 1.29 is 41.0 Å². The Morgan fingerprint density at radius 1 is 1.00 bits per heavy atom. The number of alkyl carbamates (subject to hydrolysis) is 1. The number of aliphatic hydroxyl groups excluding tert-OH is 1. The molecular weight excluding hydrogens is 428 g/mol. The minimum absolute atomic E-state index is 0.00871. The third-order valence-corrected chi connectivity index (χ3v) is 5.26. The smallest absolute Gasteiger partial charge is 0.416 e. The minimum Gasteiger partial charge on any atom is -0.445 e. The molecule has 1 aliphatic carbocycles. The Kier molecular flexibility index (Phi) is 6.22. The van der Waals surface area contributed by atoms with Crippen LogP contribution < -0.4 is 5.32 Å². The summed E-state index contributed by atoms with van der Waals surface area (Å²) in [5.41, 5.74) is -4.37. The zero-order chi connectivity index (χ0) is 22.9. The summed E-state index contributed by atoms with van der Waals surface area (Å²) in [5.74, 6) is 0. The molecule has 0 aromatic heterocycles. The molecular formula is C21H19F6NO3. The van der Waals surface area contributed by atoms with Crippen LogP contribution in [0.4, 0.5) is 31.1 Å². The van der Waals surface area contributed by atoms with Crippen LogP contribution in [0.5, 0.6) is 0 Å². The van der Waals surface area contributed by atoms with Gasteiger partial charge in [0.05, 0.1) is 16.7 Å². The van der Waals surface area contributed by atoms with Crippen LogP contribution >= 0.6 is 0 Å². The molecule has 1 fully saturated rings. The van der Waals surface area contributed by atoms with Crippen molar-refractivity contribution in [3.05, 3.63) is 70.8 Å². The van der Waals surface area contributed by atoms with Gasteiger partial charge in [-0.3, -0.25) is 0 Å². The summed E-state index contributed by atoms with van der Waals surface area (Å²) < 4.78 is 83.8. The second kappa shape index (κ2) is 8.41. The van der Waals surface area contributed by atoms with Crippen LogP contribution in [0.25, 0.3) is 0 Å². The lowest BCUT2D eigenvalue weighted by Gasteiger charge is -2.45. The van der Waals surface area contributed by atoms with Gasteiger partial charge in [0.1, 0.15) is 12.7 Å². The van der Waals surface area contributed by atoms with Crippen LogP contribution in [0.2, 0.25) is 0 Å². The number of benzene rings is 2. The number of carbonyl (C=O) groups is 1. The first-order valence-electron chi connectivity index (χ1n) is 9.37. The molecule has 2 aromatic carbocycles. The molecule has 1 unspecified atom stereocenters. The maximum absolute atomic E-state index is 13.1. The molecule has 2 aromatic rings. The molecule has 0 heterocycles. The highest BCUT2D eigenvalue weighted by Crippen LogP contribution is 2.45. The molecule has 168 valence electrons. The molecule has 1 amide bonds. The normalized spacial score (nSPS) is 16.9. The number of ether oxygens (including phenoxy) is 1. The van der Waals surface area contributed by atoms with Crippen molar-refractivity contribution in [2.24, 2.45) is 0 Å². The summed E-state index contributed by atoms with van der Waals surface area (Å²) in [5, 5.41) is 13.1. The summed E-state index contributed by atoms with van der Waals surface area (Å²) >= 11 is 0. The number of amides is 1. The predicted octanol–water partition coefficient (Wildman–Crippen LogP) is 5.61. The average molecular weight is 447 g/mol. The molecule has 0 bridgehead atoms. The number of hydrogen-bond acceptors (Lipinski definition) is 3. The molecule has 1 saturated carbocycles. The number of alkyl halides is 6. The quantitative estimate of drug-likeness (QED) is 0.586. The zero-order valence-electron chi connectivity index (χ0n) is 16.1. The van der Waals surface area contributed by atoms with Gasteiger partial charge in [0, 0.05) is 0 Å². The van der Waals surface area contributed by atoms with Crippen LogP contribution in [0.15, 0.2) is 48.5 Å². The molecule has 0 radical (unpaired) electrons. The summed E-state index contributed by atoms with van der Waals surface area (Å²) in [6.45, 7) is -0.0827. The third kappa shape index (κ3) is 5.30. The molecule has 3 rings (SSSR count). The van der Waals surface area contributed by atoms with Crippen LogP contribution in [0.1, 0.15) is 47.6 Å². The van der Waals surface area contributed by atoms with Gasteiger partial charge in [-0.2, -0.15) is 26.3 Å². The van der Waals surface area contributed by atoms with E-state index in [1.165, 1.54) is 0 Å². The largest absolute Gasteiger partial charge is 0.445 e. The van der Waals surface area contributed by atoms with Crippen LogP contribution in [-0.4, -0.2) is 16.7 Å². The zero-order valence-corrected chi connectivity index (χ0v) is 16.1. The van der Waals surface area contributed by atoms with Gasteiger partial charge in [-0.15, -0.1) is 0 Å². The minimum atomic E-state index is -5.04. The fourth-order valence-electron chi connectivity index (χ4n) is 3.44. The fourth-order valence-corrected chi connectivity index (χ4v) is 3.44. The SMILES string of the molecule is O=C(NC1(C(O)c2cc(C(F)(F)F)cc(C(F)(F)F)c2)CCC1)OCc1ccccc1. The van der Waals surface area contributed by atoms with Crippen molar-refractivity contribution in [2.75, 3.05) is 0 Å². The topological polar surface area (TPSA) is 58.6 Å². The van der Waals surface area contributed by atoms with E-state index >= 15 is 0 Å². The van der Waals surface area contributed by atoms with Crippen LogP contribution in [-0.2, 0) is 23.7 Å². The van der Waals surface area contributed by atoms with Crippen molar-refractivity contribution >= 4 is 6.09 Å². The second-order valence-corrected chi connectivity index (χ2v) is 7.44. The summed E-state index contributed by atoms with van der Waals surface area (Å²) in [6, 6.07) is 9.59. The number of hydrogen-bond donors (Lipinski definition) is 2. The van der Waals surface area contributed by atoms with E-state index in [2.05, 4.69) is 5.32 Å². The maximum Gasteiger partial charge on any atom is 0.416 e. The molecule has 0 aliphatic heterocycles. The van der Waals surface area contributed by atoms with E-state index in [1.807, 2.05) is 0 Å². The van der Waals surface area contributed by atoms with Crippen molar-refractivity contribution in [1.82, 2.24) is 5.32 Å². The highest BCUT2D eigenvalue weighted by atomic mass is 19.4. The molecule has 1 aliphatic rings. The Morgan fingerprint density at radius 2 is 1.55 bits per heavy atom. The molecule has 1 atom stereocenters. The van der Waals surface area contributed by atoms with Crippen molar-refractivity contribution in [1.29, 1.82) is 0 Å². The lowest BCUT2D eigenvalue weighted by Crippen LogP contribution is -2.57. The maximum atomic E-state index is 13.1. The number of halogens is 6. The van der Waals surface area contributed by atoms with E-state index in [0.717, 1.165) is 0 Å². The van der Waals surface area contributed by atoms with E-state index in [-0.39, 0.29) is 25.5 Å². The molecule has 4 nitrogen and oxygen atoms in total. The van der Waals surface area contributed by atoms with Gasteiger partial charge in [0.2, 0.25) is 0 Å². The average Bonchev–Trinajstić information content (AvgIpc) is 2.68. The van der Waals surface area contributed by atoms with Crippen molar-refractivity contribution in [3.63, 3.8) is 0 Å². The lowest BCUT2D eigenvalue weighted by molar-refractivity contribution is -0.143. The second-order valence-electron chi connectivity index (χ2n) is 7.44. The van der Waals surface area contributed by atoms with Crippen molar-refractivity contribution in [2.45, 2.75) is 49.9 Å². The molecule has 0 spiro atoms. The van der Waals surface area contributed by atoms with Crippen LogP contribution in [0.3, 0.4) is 0 Å². The van der Waals surface area contributed by atoms with Gasteiger partial charge in [0.15, 0.2) is 0 Å². The predicted molar refractivity (Wildman–Crippen MR) is 97.8 cm³/mol. The lowest BCUT2D eigenvalue weighted by atomic mass is 9.70. The standard InChI is InChI=1S/C21H19F6NO3/c22-20(23,24)15-9-14(10-16(11-15)21(25,26)27)17(29)19(7-4-8-19)28-18(30)31-12-13-5-2-1-3-6-13/h1-3,5-6,9-11,17,29H,4,7-8,12H2,(H,28,30). The van der Waals surface area contributed by atoms with Gasteiger partial charge in [0.25, 0.3) is 0 Å². The van der Waals surface area contributed by atoms with Gasteiger partial charge in [-0.25, -0.2) is 4.79 Å². The Balaban J connectivity index is 1.82. The third-order valence-electron chi connectivity index (χ3n) is 5.26. The van der Waals surface area contributed by atoms with E-state index in [4.69, 9.17) is 4.74 Å². The van der Waals surface area contributed by atoms with Gasteiger partial charge >= 0.3 is 18.4 Å². The van der Waals surface area contributed by atoms with E-state index < -0.39 is 46.8 Å². The Labute approximate surface area is 173 Å². The summed E-state index contributed by atoms with van der Waals surface area (Å²) in [7, 11) is 0. The van der Waals surface area contributed by atoms with E-state index in [9.17, 15) is 36.2 Å². The van der Waals surface area contributed by atoms with Crippen LogP contribution in [0, 0.1) is 0 Å². The molecule has 31 heavy (non-hydrogen) atoms. The Morgan fingerprint density at radius 3 is 2.00 bits per heavy atom. The monoisotopic (exact) mass is 447 g/mol. The first kappa shape index (κ1) is 22.9. The number of aliphatic hydroxyl groups is 1. The Bertz CT molecular complexity index is 891. The molecule has 10 heteroatoms. The fraction of sp³-hybridized carbons (Fsp3) is 0.381. The first-order chi connectivity index (χ1) is 14.4. The van der Waals surface area contributed by atoms with Crippen molar-refractivity contribution in [3.8, 4) is 0 Å². The highest BCUT2D eigenvalue weighted by Gasteiger charge is 2.47. The molecule has 0 saturated heterocycles. The number of nitrogens with one attached hydrogen (secondary N) is 1. The van der Waals surface area contributed by atoms with Gasteiger partial charge in [-0.1, -0.05) is 30.3 Å². The van der Waals surface area contributed by atoms with E-state index in [1.54, 1.807) is 30.3 Å². The number of rotatable bonds is 5. The summed E-state index contributed by atoms with van der Waals surface area (Å²) in [6.07, 6.45) is -11.9. The highest BCUT2D eigenvalue weighted by molar-refractivity contribution is 5.69. The Hall–Kier alpha value is -2.75.